The van der Waals surface area contributed by atoms with E-state index in [4.69, 9.17) is 0 Å². The molecule has 8 atom stereocenters. The van der Waals surface area contributed by atoms with Gasteiger partial charge in [0.2, 0.25) is 0 Å². The number of hydrogen-bond donors (Lipinski definition) is 0. The molecule has 0 amide bonds. The van der Waals surface area contributed by atoms with Crippen LogP contribution in [0.25, 0.3) is 0 Å². The van der Waals surface area contributed by atoms with Crippen LogP contribution in [0.3, 0.4) is 0 Å². The lowest BCUT2D eigenvalue weighted by atomic mass is 9.48. The van der Waals surface area contributed by atoms with Crippen molar-refractivity contribution in [2.45, 2.75) is 71.6 Å². The Bertz CT molecular complexity index is 333. The van der Waals surface area contributed by atoms with Crippen LogP contribution in [0.2, 0.25) is 0 Å². The summed E-state index contributed by atoms with van der Waals surface area (Å²) in [5.74, 6) is 8.80. The largest absolute Gasteiger partial charge is 0.0620 e. The summed E-state index contributed by atoms with van der Waals surface area (Å²) < 4.78 is 0. The topological polar surface area (TPSA) is 0 Å². The number of hydrogen-bond acceptors (Lipinski definition) is 0. The first-order chi connectivity index (χ1) is 9.27. The Morgan fingerprint density at radius 3 is 2.11 bits per heavy atom. The van der Waals surface area contributed by atoms with Gasteiger partial charge in [-0.3, -0.25) is 0 Å². The molecule has 0 heterocycles. The van der Waals surface area contributed by atoms with E-state index in [0.29, 0.717) is 0 Å². The SMILES string of the molecule is CC1C2C3CCCC3CCC2C2CCCC[C@@H]2[C@H]1C. The average molecular weight is 260 g/mol. The van der Waals surface area contributed by atoms with E-state index in [0.717, 1.165) is 47.3 Å². The molecule has 0 nitrogen and oxygen atoms in total. The monoisotopic (exact) mass is 260 g/mol. The van der Waals surface area contributed by atoms with Gasteiger partial charge in [0.05, 0.1) is 0 Å². The molecule has 0 saturated heterocycles. The highest BCUT2D eigenvalue weighted by atomic mass is 14.6. The maximum atomic E-state index is 2.63. The van der Waals surface area contributed by atoms with E-state index in [1.807, 2.05) is 0 Å². The molecule has 4 saturated carbocycles. The second-order valence-electron chi connectivity index (χ2n) is 8.50. The van der Waals surface area contributed by atoms with Crippen molar-refractivity contribution in [3.05, 3.63) is 0 Å². The molecule has 0 aromatic rings. The standard InChI is InChI=1S/C19H32/c1-12-13(2)19-16-9-5-6-14(16)10-11-18(19)17-8-4-3-7-15(12)17/h12-19H,3-11H2,1-2H3/t12-,13?,14?,15+,16?,17?,18?,19?/m0/s1. The van der Waals surface area contributed by atoms with E-state index in [2.05, 4.69) is 13.8 Å². The fourth-order valence-electron chi connectivity index (χ4n) is 7.24. The molecule has 0 heteroatoms. The van der Waals surface area contributed by atoms with Gasteiger partial charge in [0, 0.05) is 0 Å². The van der Waals surface area contributed by atoms with Gasteiger partial charge in [0.15, 0.2) is 0 Å². The van der Waals surface area contributed by atoms with Crippen molar-refractivity contribution in [2.75, 3.05) is 0 Å². The van der Waals surface area contributed by atoms with Gasteiger partial charge in [0.1, 0.15) is 0 Å². The van der Waals surface area contributed by atoms with Crippen molar-refractivity contribution in [3.8, 4) is 0 Å². The molecule has 0 radical (unpaired) electrons. The highest BCUT2D eigenvalue weighted by Crippen LogP contribution is 2.61. The lowest BCUT2D eigenvalue weighted by molar-refractivity contribution is -0.0844. The summed E-state index contributed by atoms with van der Waals surface area (Å²) >= 11 is 0. The van der Waals surface area contributed by atoms with Crippen molar-refractivity contribution < 1.29 is 0 Å². The fourth-order valence-corrected chi connectivity index (χ4v) is 7.24. The molecular formula is C19H32. The lowest BCUT2D eigenvalue weighted by Gasteiger charge is -2.57. The van der Waals surface area contributed by atoms with Crippen molar-refractivity contribution in [2.24, 2.45) is 47.3 Å². The number of rotatable bonds is 0. The zero-order valence-electron chi connectivity index (χ0n) is 13.0. The molecular weight excluding hydrogens is 228 g/mol. The van der Waals surface area contributed by atoms with E-state index in [1.165, 1.54) is 6.42 Å². The molecule has 0 aromatic carbocycles. The molecule has 0 spiro atoms. The molecule has 6 unspecified atom stereocenters. The van der Waals surface area contributed by atoms with Crippen LogP contribution in [0.15, 0.2) is 0 Å². The smallest absolute Gasteiger partial charge is 0.0324 e. The summed E-state index contributed by atoms with van der Waals surface area (Å²) in [7, 11) is 0. The second kappa shape index (κ2) is 4.78. The highest BCUT2D eigenvalue weighted by molar-refractivity contribution is 5.02. The van der Waals surface area contributed by atoms with Gasteiger partial charge in [-0.15, -0.1) is 0 Å². The van der Waals surface area contributed by atoms with Gasteiger partial charge in [-0.05, 0) is 79.4 Å². The van der Waals surface area contributed by atoms with Crippen LogP contribution in [0.4, 0.5) is 0 Å². The van der Waals surface area contributed by atoms with Gasteiger partial charge in [-0.1, -0.05) is 39.5 Å². The summed E-state index contributed by atoms with van der Waals surface area (Å²) in [6.07, 6.45) is 14.1. The van der Waals surface area contributed by atoms with Crippen LogP contribution in [0, 0.1) is 47.3 Å². The molecule has 19 heavy (non-hydrogen) atoms. The van der Waals surface area contributed by atoms with Crippen molar-refractivity contribution in [1.82, 2.24) is 0 Å². The molecule has 108 valence electrons. The normalized spacial score (nSPS) is 57.2. The first kappa shape index (κ1) is 12.7. The first-order valence-electron chi connectivity index (χ1n) is 9.27. The van der Waals surface area contributed by atoms with Crippen molar-refractivity contribution in [3.63, 3.8) is 0 Å². The van der Waals surface area contributed by atoms with Gasteiger partial charge in [0.25, 0.3) is 0 Å². The quantitative estimate of drug-likeness (QED) is 0.538. The summed E-state index contributed by atoms with van der Waals surface area (Å²) in [4.78, 5) is 0. The lowest BCUT2D eigenvalue weighted by Crippen LogP contribution is -2.50. The minimum Gasteiger partial charge on any atom is -0.0620 e. The molecule has 0 aliphatic heterocycles. The molecule has 4 fully saturated rings. The van der Waals surface area contributed by atoms with Crippen LogP contribution in [0.1, 0.15) is 71.6 Å². The number of fused-ring (bicyclic) bond motifs is 5. The maximum Gasteiger partial charge on any atom is -0.0324 e. The van der Waals surface area contributed by atoms with E-state index in [9.17, 15) is 0 Å². The second-order valence-corrected chi connectivity index (χ2v) is 8.50. The summed E-state index contributed by atoms with van der Waals surface area (Å²) in [6.45, 7) is 5.25. The van der Waals surface area contributed by atoms with Crippen LogP contribution in [0.5, 0.6) is 0 Å². The summed E-state index contributed by atoms with van der Waals surface area (Å²) in [5.41, 5.74) is 0. The zero-order valence-corrected chi connectivity index (χ0v) is 13.0. The minimum absolute atomic E-state index is 1.02. The zero-order chi connectivity index (χ0) is 13.0. The third-order valence-electron chi connectivity index (χ3n) is 8.11. The first-order valence-corrected chi connectivity index (χ1v) is 9.27. The highest BCUT2D eigenvalue weighted by Gasteiger charge is 2.53. The molecule has 4 aliphatic carbocycles. The Balaban J connectivity index is 1.65. The molecule has 4 aliphatic rings. The molecule has 0 N–H and O–H groups in total. The molecule has 0 aromatic heterocycles. The fraction of sp³-hybridized carbons (Fsp3) is 1.00. The van der Waals surface area contributed by atoms with Crippen LogP contribution < -0.4 is 0 Å². The minimum atomic E-state index is 1.02. The third kappa shape index (κ3) is 1.84. The Kier molecular flexibility index (Phi) is 3.20. The third-order valence-corrected chi connectivity index (χ3v) is 8.11. The van der Waals surface area contributed by atoms with E-state index < -0.39 is 0 Å². The Morgan fingerprint density at radius 1 is 0.526 bits per heavy atom. The predicted molar refractivity (Wildman–Crippen MR) is 80.8 cm³/mol. The van der Waals surface area contributed by atoms with Crippen molar-refractivity contribution in [1.29, 1.82) is 0 Å². The van der Waals surface area contributed by atoms with E-state index in [1.54, 1.807) is 51.4 Å². The van der Waals surface area contributed by atoms with Gasteiger partial charge in [-0.25, -0.2) is 0 Å². The van der Waals surface area contributed by atoms with E-state index in [-0.39, 0.29) is 0 Å². The van der Waals surface area contributed by atoms with Crippen molar-refractivity contribution >= 4 is 0 Å². The van der Waals surface area contributed by atoms with Crippen LogP contribution in [-0.4, -0.2) is 0 Å². The van der Waals surface area contributed by atoms with E-state index >= 15 is 0 Å². The van der Waals surface area contributed by atoms with Crippen LogP contribution >= 0.6 is 0 Å². The Hall–Kier alpha value is 0. The maximum absolute atomic E-state index is 2.63. The van der Waals surface area contributed by atoms with Gasteiger partial charge < -0.3 is 0 Å². The molecule has 0 bridgehead atoms. The van der Waals surface area contributed by atoms with Crippen LogP contribution in [-0.2, 0) is 0 Å². The summed E-state index contributed by atoms with van der Waals surface area (Å²) in [6, 6.07) is 0. The predicted octanol–water partition coefficient (Wildman–Crippen LogP) is 5.52. The average Bonchev–Trinajstić information content (AvgIpc) is 2.92. The summed E-state index contributed by atoms with van der Waals surface area (Å²) in [5, 5.41) is 0. The Morgan fingerprint density at radius 2 is 1.26 bits per heavy atom. The van der Waals surface area contributed by atoms with Gasteiger partial charge >= 0.3 is 0 Å². The Labute approximate surface area is 119 Å². The van der Waals surface area contributed by atoms with Gasteiger partial charge in [-0.2, -0.15) is 0 Å². The molecule has 4 rings (SSSR count).